The second-order valence-electron chi connectivity index (χ2n) is 6.52. The Morgan fingerprint density at radius 2 is 1.85 bits per heavy atom. The lowest BCUT2D eigenvalue weighted by Crippen LogP contribution is -2.39. The van der Waals surface area contributed by atoms with Crippen molar-refractivity contribution in [3.63, 3.8) is 0 Å². The molecule has 1 aliphatic rings. The van der Waals surface area contributed by atoms with Crippen molar-refractivity contribution < 1.29 is 13.2 Å². The third-order valence-corrected chi connectivity index (χ3v) is 6.75. The number of carbonyl (C=O) groups is 1. The Bertz CT molecular complexity index is 877. The predicted octanol–water partition coefficient (Wildman–Crippen LogP) is 2.00. The average molecular weight is 388 g/mol. The zero-order valence-electron chi connectivity index (χ0n) is 15.3. The number of pyridine rings is 1. The Balaban J connectivity index is 1.77. The molecule has 7 nitrogen and oxygen atoms in total. The number of hydrogen-bond acceptors (Lipinski definition) is 5. The maximum atomic E-state index is 13.0. The van der Waals surface area contributed by atoms with E-state index in [-0.39, 0.29) is 16.7 Å². The first-order chi connectivity index (χ1) is 12.9. The molecule has 1 aromatic heterocycles. The molecular weight excluding hydrogens is 364 g/mol. The van der Waals surface area contributed by atoms with Gasteiger partial charge in [-0.05, 0) is 44.0 Å². The first-order valence-corrected chi connectivity index (χ1v) is 10.5. The van der Waals surface area contributed by atoms with Gasteiger partial charge in [-0.2, -0.15) is 0 Å². The molecule has 0 atom stereocenters. The van der Waals surface area contributed by atoms with Crippen LogP contribution >= 0.6 is 0 Å². The molecular formula is C19H24N4O3S. The van der Waals surface area contributed by atoms with Crippen LogP contribution in [0, 0.1) is 5.92 Å². The molecule has 8 heteroatoms. The Morgan fingerprint density at radius 3 is 2.37 bits per heavy atom. The number of hydrogen-bond donors (Lipinski definition) is 1. The van der Waals surface area contributed by atoms with Crippen LogP contribution in [0.15, 0.2) is 53.6 Å². The van der Waals surface area contributed by atoms with Crippen molar-refractivity contribution in [1.29, 1.82) is 0 Å². The monoisotopic (exact) mass is 388 g/mol. The lowest BCUT2D eigenvalue weighted by Gasteiger charge is -2.31. The lowest BCUT2D eigenvalue weighted by molar-refractivity contribution is -0.122. The number of aromatic nitrogens is 1. The van der Waals surface area contributed by atoms with E-state index >= 15 is 0 Å². The second kappa shape index (κ2) is 7.96. The van der Waals surface area contributed by atoms with E-state index in [2.05, 4.69) is 4.98 Å². The van der Waals surface area contributed by atoms with Gasteiger partial charge in [0.2, 0.25) is 5.91 Å². The maximum absolute atomic E-state index is 13.0. The summed E-state index contributed by atoms with van der Waals surface area (Å²) in [7, 11) is -3.68. The van der Waals surface area contributed by atoms with Crippen LogP contribution in [-0.4, -0.2) is 38.9 Å². The third kappa shape index (κ3) is 4.05. The van der Waals surface area contributed by atoms with Crippen molar-refractivity contribution in [3.8, 4) is 0 Å². The van der Waals surface area contributed by atoms with Crippen molar-refractivity contribution in [2.24, 2.45) is 11.7 Å². The van der Waals surface area contributed by atoms with Gasteiger partial charge in [0.25, 0.3) is 10.0 Å². The number of benzene rings is 1. The van der Waals surface area contributed by atoms with Gasteiger partial charge in [-0.25, -0.2) is 13.4 Å². The third-order valence-electron chi connectivity index (χ3n) is 4.86. The number of primary amides is 1. The van der Waals surface area contributed by atoms with E-state index in [1.165, 1.54) is 10.5 Å². The second-order valence-corrected chi connectivity index (χ2v) is 8.38. The van der Waals surface area contributed by atoms with Crippen molar-refractivity contribution in [2.45, 2.75) is 24.7 Å². The number of rotatable bonds is 6. The van der Waals surface area contributed by atoms with E-state index in [1.807, 2.05) is 23.1 Å². The molecule has 3 rings (SSSR count). The standard InChI is InChI=1S/C19H24N4O3S/c1-2-23(16-6-4-3-5-7-16)27(25,26)17-8-9-18(21-14-17)22-12-10-15(11-13-22)19(20)24/h3-9,14-15H,2,10-13H2,1H3,(H2,20,24). The number of para-hydroxylation sites is 1. The molecule has 144 valence electrons. The minimum absolute atomic E-state index is 0.0927. The molecule has 0 saturated carbocycles. The first kappa shape index (κ1) is 19.2. The van der Waals surface area contributed by atoms with E-state index in [0.29, 0.717) is 44.0 Å². The Labute approximate surface area is 159 Å². The molecule has 0 aliphatic carbocycles. The molecule has 2 heterocycles. The number of nitrogens with zero attached hydrogens (tertiary/aromatic N) is 3. The molecule has 27 heavy (non-hydrogen) atoms. The van der Waals surface area contributed by atoms with Crippen LogP contribution in [0.3, 0.4) is 0 Å². The Hall–Kier alpha value is -2.61. The summed E-state index contributed by atoms with van der Waals surface area (Å²) < 4.78 is 27.3. The summed E-state index contributed by atoms with van der Waals surface area (Å²) in [6, 6.07) is 12.3. The number of nitrogens with two attached hydrogens (primary N) is 1. The molecule has 0 spiro atoms. The fraction of sp³-hybridized carbons (Fsp3) is 0.368. The highest BCUT2D eigenvalue weighted by atomic mass is 32.2. The summed E-state index contributed by atoms with van der Waals surface area (Å²) in [5.74, 6) is 0.356. The number of amides is 1. The van der Waals surface area contributed by atoms with Gasteiger partial charge in [0.05, 0.1) is 5.69 Å². The molecule has 1 aliphatic heterocycles. The maximum Gasteiger partial charge on any atom is 0.265 e. The lowest BCUT2D eigenvalue weighted by atomic mass is 9.96. The minimum atomic E-state index is -3.68. The highest BCUT2D eigenvalue weighted by Gasteiger charge is 2.26. The van der Waals surface area contributed by atoms with Crippen LogP contribution in [0.4, 0.5) is 11.5 Å². The molecule has 2 N–H and O–H groups in total. The highest BCUT2D eigenvalue weighted by Crippen LogP contribution is 2.25. The summed E-state index contributed by atoms with van der Waals surface area (Å²) in [4.78, 5) is 17.8. The van der Waals surface area contributed by atoms with Gasteiger partial charge >= 0.3 is 0 Å². The summed E-state index contributed by atoms with van der Waals surface area (Å²) in [6.45, 7) is 3.49. The average Bonchev–Trinajstić information content (AvgIpc) is 2.69. The zero-order valence-corrected chi connectivity index (χ0v) is 16.1. The van der Waals surface area contributed by atoms with Gasteiger partial charge < -0.3 is 10.6 Å². The smallest absolute Gasteiger partial charge is 0.265 e. The zero-order chi connectivity index (χ0) is 19.4. The van der Waals surface area contributed by atoms with Crippen molar-refractivity contribution in [1.82, 2.24) is 4.98 Å². The quantitative estimate of drug-likeness (QED) is 0.816. The molecule has 0 radical (unpaired) electrons. The van der Waals surface area contributed by atoms with Gasteiger partial charge in [-0.15, -0.1) is 0 Å². The Morgan fingerprint density at radius 1 is 1.19 bits per heavy atom. The van der Waals surface area contributed by atoms with Crippen LogP contribution in [0.2, 0.25) is 0 Å². The topological polar surface area (TPSA) is 96.6 Å². The summed E-state index contributed by atoms with van der Waals surface area (Å²) in [5.41, 5.74) is 5.99. The van der Waals surface area contributed by atoms with Crippen LogP contribution in [0.25, 0.3) is 0 Å². The number of piperidine rings is 1. The molecule has 1 aromatic carbocycles. The molecule has 1 amide bonds. The van der Waals surface area contributed by atoms with Gasteiger partial charge in [0.1, 0.15) is 10.7 Å². The normalized spacial score (nSPS) is 15.5. The van der Waals surface area contributed by atoms with Gasteiger partial charge in [0.15, 0.2) is 0 Å². The molecule has 2 aromatic rings. The van der Waals surface area contributed by atoms with E-state index in [4.69, 9.17) is 5.73 Å². The number of carbonyl (C=O) groups excluding carboxylic acids is 1. The summed E-state index contributed by atoms with van der Waals surface area (Å²) in [5, 5.41) is 0. The fourth-order valence-corrected chi connectivity index (χ4v) is 4.74. The van der Waals surface area contributed by atoms with E-state index < -0.39 is 10.0 Å². The van der Waals surface area contributed by atoms with Gasteiger partial charge in [-0.1, -0.05) is 18.2 Å². The number of anilines is 2. The van der Waals surface area contributed by atoms with Crippen molar-refractivity contribution >= 4 is 27.4 Å². The summed E-state index contributed by atoms with van der Waals surface area (Å²) in [6.07, 6.45) is 2.78. The molecule has 0 unspecified atom stereocenters. The van der Waals surface area contributed by atoms with Crippen LogP contribution < -0.4 is 14.9 Å². The van der Waals surface area contributed by atoms with Crippen LogP contribution in [-0.2, 0) is 14.8 Å². The largest absolute Gasteiger partial charge is 0.369 e. The minimum Gasteiger partial charge on any atom is -0.369 e. The first-order valence-electron chi connectivity index (χ1n) is 9.01. The fourth-order valence-electron chi connectivity index (χ4n) is 3.32. The van der Waals surface area contributed by atoms with E-state index in [0.717, 1.165) is 0 Å². The Kier molecular flexibility index (Phi) is 5.65. The van der Waals surface area contributed by atoms with Gasteiger partial charge in [-0.3, -0.25) is 9.10 Å². The summed E-state index contributed by atoms with van der Waals surface area (Å²) >= 11 is 0. The molecule has 1 saturated heterocycles. The van der Waals surface area contributed by atoms with E-state index in [9.17, 15) is 13.2 Å². The van der Waals surface area contributed by atoms with Crippen LogP contribution in [0.1, 0.15) is 19.8 Å². The van der Waals surface area contributed by atoms with Crippen molar-refractivity contribution in [2.75, 3.05) is 28.8 Å². The SMILES string of the molecule is CCN(c1ccccc1)S(=O)(=O)c1ccc(N2CCC(C(N)=O)CC2)nc1. The highest BCUT2D eigenvalue weighted by molar-refractivity contribution is 7.92. The predicted molar refractivity (Wildman–Crippen MR) is 105 cm³/mol. The molecule has 1 fully saturated rings. The molecule has 0 bridgehead atoms. The van der Waals surface area contributed by atoms with Gasteiger partial charge in [0, 0.05) is 31.7 Å². The van der Waals surface area contributed by atoms with Crippen LogP contribution in [0.5, 0.6) is 0 Å². The van der Waals surface area contributed by atoms with Crippen molar-refractivity contribution in [3.05, 3.63) is 48.7 Å². The van der Waals surface area contributed by atoms with E-state index in [1.54, 1.807) is 31.2 Å². The number of sulfonamides is 1.